The molecule has 0 radical (unpaired) electrons. The molecule has 1 aromatic carbocycles. The topological polar surface area (TPSA) is 3.24 Å². The van der Waals surface area contributed by atoms with Crippen LogP contribution in [0.1, 0.15) is 25.8 Å². The first kappa shape index (κ1) is 12.3. The van der Waals surface area contributed by atoms with E-state index in [0.717, 1.165) is 12.1 Å². The molecule has 1 aliphatic heterocycles. The van der Waals surface area contributed by atoms with E-state index in [-0.39, 0.29) is 5.82 Å². The van der Waals surface area contributed by atoms with Crippen molar-refractivity contribution in [1.29, 1.82) is 0 Å². The molecule has 2 bridgehead atoms. The Kier molecular flexibility index (Phi) is 3.63. The molecule has 2 heteroatoms. The van der Waals surface area contributed by atoms with E-state index in [1.807, 2.05) is 26.0 Å². The molecular formula is C15H20FN. The maximum atomic E-state index is 13.6. The second kappa shape index (κ2) is 5.01. The number of hydrogen-bond acceptors (Lipinski definition) is 1. The molecule has 1 heterocycles. The summed E-state index contributed by atoms with van der Waals surface area (Å²) in [4.78, 5) is 2.33. The Bertz CT molecular complexity index is 425. The first-order valence-corrected chi connectivity index (χ1v) is 6.42. The molecule has 2 unspecified atom stereocenters. The fourth-order valence-electron chi connectivity index (χ4n) is 2.85. The number of rotatable bonds is 1. The average molecular weight is 233 g/mol. The van der Waals surface area contributed by atoms with Gasteiger partial charge in [0.15, 0.2) is 0 Å². The zero-order valence-electron chi connectivity index (χ0n) is 10.8. The summed E-state index contributed by atoms with van der Waals surface area (Å²) in [7, 11) is 2.12. The third kappa shape index (κ3) is 2.14. The Hall–Kier alpha value is -1.15. The van der Waals surface area contributed by atoms with E-state index in [4.69, 9.17) is 0 Å². The van der Waals surface area contributed by atoms with Crippen molar-refractivity contribution < 1.29 is 4.39 Å². The van der Waals surface area contributed by atoms with Crippen molar-refractivity contribution >= 4 is 5.57 Å². The molecule has 3 rings (SSSR count). The number of fused-ring (bicyclic) bond motifs is 2. The van der Waals surface area contributed by atoms with Crippen LogP contribution >= 0.6 is 0 Å². The zero-order valence-corrected chi connectivity index (χ0v) is 10.8. The van der Waals surface area contributed by atoms with Crippen LogP contribution in [-0.2, 0) is 0 Å². The summed E-state index contributed by atoms with van der Waals surface area (Å²) in [5.74, 6) is 0.541. The molecule has 1 aliphatic carbocycles. The summed E-state index contributed by atoms with van der Waals surface area (Å²) < 4.78 is 13.6. The third-order valence-corrected chi connectivity index (χ3v) is 3.54. The summed E-state index contributed by atoms with van der Waals surface area (Å²) in [6, 6.07) is 7.52. The van der Waals surface area contributed by atoms with Crippen molar-refractivity contribution in [3.8, 4) is 0 Å². The summed E-state index contributed by atoms with van der Waals surface area (Å²) in [6.45, 7) is 5.13. The smallest absolute Gasteiger partial charge is 0.130 e. The molecular weight excluding hydrogens is 213 g/mol. The Labute approximate surface area is 103 Å². The average Bonchev–Trinajstić information content (AvgIpc) is 2.91. The Morgan fingerprint density at radius 3 is 2.53 bits per heavy atom. The highest BCUT2D eigenvalue weighted by Crippen LogP contribution is 2.41. The molecule has 0 spiro atoms. The highest BCUT2D eigenvalue weighted by atomic mass is 19.1. The SMILES string of the molecule is CC.CN1CC2C=C(c3ccccc3F)C1C2. The van der Waals surface area contributed by atoms with Crippen LogP contribution in [0, 0.1) is 11.7 Å². The molecule has 2 aliphatic rings. The van der Waals surface area contributed by atoms with Crippen LogP contribution < -0.4 is 0 Å². The number of likely N-dealkylation sites (N-methyl/N-ethyl adjacent to an activating group) is 1. The standard InChI is InChI=1S/C13H14FN.C2H6/c1-15-8-9-6-11(13(15)7-9)10-4-2-3-5-12(10)14;1-2/h2-6,9,13H,7-8H2,1H3;1-2H3. The van der Waals surface area contributed by atoms with Crippen molar-refractivity contribution in [3.63, 3.8) is 0 Å². The summed E-state index contributed by atoms with van der Waals surface area (Å²) >= 11 is 0. The highest BCUT2D eigenvalue weighted by Gasteiger charge is 2.37. The lowest BCUT2D eigenvalue weighted by molar-refractivity contribution is 0.352. The maximum absolute atomic E-state index is 13.6. The van der Waals surface area contributed by atoms with Crippen LogP contribution in [0.5, 0.6) is 0 Å². The fraction of sp³-hybridized carbons (Fsp3) is 0.467. The maximum Gasteiger partial charge on any atom is 0.130 e. The molecule has 0 aromatic heterocycles. The van der Waals surface area contributed by atoms with Gasteiger partial charge < -0.3 is 0 Å². The van der Waals surface area contributed by atoms with Crippen LogP contribution in [0.3, 0.4) is 0 Å². The second-order valence-corrected chi connectivity index (χ2v) is 4.55. The van der Waals surface area contributed by atoms with Gasteiger partial charge in [-0.15, -0.1) is 0 Å². The molecule has 0 N–H and O–H groups in total. The number of benzene rings is 1. The van der Waals surface area contributed by atoms with Gasteiger partial charge in [-0.2, -0.15) is 0 Å². The van der Waals surface area contributed by atoms with E-state index in [9.17, 15) is 4.39 Å². The number of nitrogens with zero attached hydrogens (tertiary/aromatic N) is 1. The summed E-state index contributed by atoms with van der Waals surface area (Å²) in [5, 5.41) is 0. The molecule has 17 heavy (non-hydrogen) atoms. The van der Waals surface area contributed by atoms with Gasteiger partial charge in [0.2, 0.25) is 0 Å². The minimum Gasteiger partial charge on any atom is -0.299 e. The van der Waals surface area contributed by atoms with Crippen molar-refractivity contribution in [1.82, 2.24) is 4.90 Å². The minimum absolute atomic E-state index is 0.0929. The van der Waals surface area contributed by atoms with Crippen LogP contribution in [0.2, 0.25) is 0 Å². The van der Waals surface area contributed by atoms with Gasteiger partial charge in [-0.1, -0.05) is 38.1 Å². The van der Waals surface area contributed by atoms with E-state index < -0.39 is 0 Å². The lowest BCUT2D eigenvalue weighted by Gasteiger charge is -2.24. The predicted molar refractivity (Wildman–Crippen MR) is 70.3 cm³/mol. The van der Waals surface area contributed by atoms with Crippen LogP contribution in [0.4, 0.5) is 4.39 Å². The third-order valence-electron chi connectivity index (χ3n) is 3.54. The predicted octanol–water partition coefficient (Wildman–Crippen LogP) is 3.57. The number of hydrogen-bond donors (Lipinski definition) is 0. The van der Waals surface area contributed by atoms with Crippen molar-refractivity contribution in [2.24, 2.45) is 5.92 Å². The van der Waals surface area contributed by atoms with Gasteiger partial charge >= 0.3 is 0 Å². The number of halogens is 1. The van der Waals surface area contributed by atoms with E-state index in [0.29, 0.717) is 12.0 Å². The Morgan fingerprint density at radius 2 is 1.94 bits per heavy atom. The van der Waals surface area contributed by atoms with Gasteiger partial charge in [0.05, 0.1) is 0 Å². The van der Waals surface area contributed by atoms with Gasteiger partial charge in [-0.25, -0.2) is 4.39 Å². The van der Waals surface area contributed by atoms with Crippen LogP contribution in [-0.4, -0.2) is 24.5 Å². The quantitative estimate of drug-likeness (QED) is 0.716. The van der Waals surface area contributed by atoms with Crippen molar-refractivity contribution in [2.75, 3.05) is 13.6 Å². The Morgan fingerprint density at radius 1 is 1.24 bits per heavy atom. The van der Waals surface area contributed by atoms with Gasteiger partial charge in [0.25, 0.3) is 0 Å². The molecule has 0 amide bonds. The van der Waals surface area contributed by atoms with E-state index in [1.165, 1.54) is 12.0 Å². The molecule has 2 atom stereocenters. The fourth-order valence-corrected chi connectivity index (χ4v) is 2.85. The Balaban J connectivity index is 0.000000514. The summed E-state index contributed by atoms with van der Waals surface area (Å²) in [5.41, 5.74) is 1.98. The van der Waals surface area contributed by atoms with Crippen LogP contribution in [0.15, 0.2) is 30.3 Å². The minimum atomic E-state index is -0.0929. The van der Waals surface area contributed by atoms with Gasteiger partial charge in [0.1, 0.15) is 5.82 Å². The van der Waals surface area contributed by atoms with Crippen molar-refractivity contribution in [2.45, 2.75) is 26.3 Å². The van der Waals surface area contributed by atoms with E-state index in [1.54, 1.807) is 12.1 Å². The zero-order chi connectivity index (χ0) is 12.4. The molecule has 92 valence electrons. The number of likely N-dealkylation sites (tertiary alicyclic amines) is 1. The molecule has 1 nitrogen and oxygen atoms in total. The first-order chi connectivity index (χ1) is 8.25. The highest BCUT2D eigenvalue weighted by molar-refractivity contribution is 5.73. The molecule has 1 fully saturated rings. The summed E-state index contributed by atoms with van der Waals surface area (Å²) in [6.07, 6.45) is 3.42. The van der Waals surface area contributed by atoms with Crippen LogP contribution in [0.25, 0.3) is 5.57 Å². The first-order valence-electron chi connectivity index (χ1n) is 6.42. The van der Waals surface area contributed by atoms with E-state index >= 15 is 0 Å². The van der Waals surface area contributed by atoms with Crippen molar-refractivity contribution in [3.05, 3.63) is 41.7 Å². The monoisotopic (exact) mass is 233 g/mol. The normalized spacial score (nSPS) is 26.5. The second-order valence-electron chi connectivity index (χ2n) is 4.55. The van der Waals surface area contributed by atoms with Gasteiger partial charge in [-0.3, -0.25) is 4.90 Å². The lowest BCUT2D eigenvalue weighted by Crippen LogP contribution is -2.28. The molecule has 1 aromatic rings. The van der Waals surface area contributed by atoms with Gasteiger partial charge in [0, 0.05) is 18.2 Å². The molecule has 1 saturated heterocycles. The largest absolute Gasteiger partial charge is 0.299 e. The van der Waals surface area contributed by atoms with E-state index in [2.05, 4.69) is 18.0 Å². The molecule has 0 saturated carbocycles. The lowest BCUT2D eigenvalue weighted by atomic mass is 10.00. The van der Waals surface area contributed by atoms with Gasteiger partial charge in [-0.05, 0) is 31.0 Å².